The molecule has 2 atom stereocenters. The number of rotatable bonds is 16. The zero-order chi connectivity index (χ0) is 33.0. The highest BCUT2D eigenvalue weighted by atomic mass is 35.5. The Morgan fingerprint density at radius 3 is 2.27 bits per heavy atom. The maximum absolute atomic E-state index is 13.1. The first-order chi connectivity index (χ1) is 21.4. The molecule has 2 amide bonds. The number of nitrogens with one attached hydrogen (secondary N) is 2. The second-order valence-electron chi connectivity index (χ2n) is 10.7. The number of allylic oxidation sites excluding steroid dienone is 1. The molecule has 0 saturated carbocycles. The summed E-state index contributed by atoms with van der Waals surface area (Å²) in [5.74, 6) is -4.22. The van der Waals surface area contributed by atoms with Crippen LogP contribution < -0.4 is 16.4 Å². The molecule has 1 heterocycles. The van der Waals surface area contributed by atoms with E-state index in [1.165, 1.54) is 6.08 Å². The van der Waals surface area contributed by atoms with Crippen LogP contribution in [0.3, 0.4) is 0 Å². The fourth-order valence-electron chi connectivity index (χ4n) is 4.65. The monoisotopic (exact) mass is 660 g/mol. The molecule has 1 aliphatic heterocycles. The van der Waals surface area contributed by atoms with Crippen LogP contribution in [-0.2, 0) is 24.8 Å². The summed E-state index contributed by atoms with van der Waals surface area (Å²) in [6, 6.07) is 13.3. The Labute approximate surface area is 270 Å². The molecule has 7 N–H and O–H groups in total. The van der Waals surface area contributed by atoms with Gasteiger partial charge in [-0.15, -0.1) is 11.8 Å². The minimum atomic E-state index is -1.27. The molecule has 3 rings (SSSR count). The molecule has 1 fully saturated rings. The number of carbonyl (C=O) groups excluding carboxylic acids is 3. The Balaban J connectivity index is 1.74. The topological polar surface area (TPSA) is 199 Å². The summed E-state index contributed by atoms with van der Waals surface area (Å²) in [5.41, 5.74) is 5.68. The quantitative estimate of drug-likeness (QED) is 0.114. The fourth-order valence-corrected chi connectivity index (χ4v) is 5.86. The van der Waals surface area contributed by atoms with Crippen LogP contribution in [0.2, 0.25) is 5.02 Å². The number of hydrogen-bond donors (Lipinski definition) is 6. The standard InChI is InChI=1S/C31H37ClN4O8S/c32-22-8-6-21(7-9-22)31(44)12-14-36(15-13-31)18-23(16-26(37)20-4-2-1-3-5-20)45-19-25(29(41)34-17-28(39)40)35-27(38)11-10-24(33)30(42)43/h1-9,16,24-25,44H,10-15,17-19,33H2,(H,34,41)(H,35,38)(H,39,40)(H,42,43)/b23-16-/t24-,25-/m0/s1. The van der Waals surface area contributed by atoms with Gasteiger partial charge in [0, 0.05) is 47.3 Å². The Morgan fingerprint density at radius 2 is 1.67 bits per heavy atom. The highest BCUT2D eigenvalue weighted by Gasteiger charge is 2.34. The van der Waals surface area contributed by atoms with Gasteiger partial charge in [0.1, 0.15) is 18.6 Å². The summed E-state index contributed by atoms with van der Waals surface area (Å²) >= 11 is 7.16. The molecule has 45 heavy (non-hydrogen) atoms. The lowest BCUT2D eigenvalue weighted by Gasteiger charge is -2.39. The van der Waals surface area contributed by atoms with Crippen LogP contribution in [0.5, 0.6) is 0 Å². The van der Waals surface area contributed by atoms with Crippen LogP contribution in [0.1, 0.15) is 41.6 Å². The fraction of sp³-hybridized carbons (Fsp3) is 0.387. The maximum atomic E-state index is 13.1. The van der Waals surface area contributed by atoms with Gasteiger partial charge in [0.2, 0.25) is 11.8 Å². The van der Waals surface area contributed by atoms with E-state index < -0.39 is 48.0 Å². The van der Waals surface area contributed by atoms with Gasteiger partial charge < -0.3 is 31.7 Å². The summed E-state index contributed by atoms with van der Waals surface area (Å²) in [4.78, 5) is 63.2. The Kier molecular flexibility index (Phi) is 13.6. The largest absolute Gasteiger partial charge is 0.480 e. The van der Waals surface area contributed by atoms with Crippen molar-refractivity contribution in [3.63, 3.8) is 0 Å². The molecular formula is C31H37ClN4O8S. The molecule has 2 aromatic carbocycles. The number of nitrogens with zero attached hydrogens (tertiary/aromatic N) is 1. The Bertz CT molecular complexity index is 1380. The van der Waals surface area contributed by atoms with Crippen LogP contribution in [0.15, 0.2) is 65.6 Å². The van der Waals surface area contributed by atoms with E-state index in [4.69, 9.17) is 27.5 Å². The van der Waals surface area contributed by atoms with Crippen LogP contribution in [-0.4, -0.2) is 93.8 Å². The van der Waals surface area contributed by atoms with Gasteiger partial charge in [0.25, 0.3) is 0 Å². The van der Waals surface area contributed by atoms with E-state index in [1.807, 2.05) is 0 Å². The number of aliphatic carboxylic acids is 2. The number of likely N-dealkylation sites (tertiary alicyclic amines) is 1. The molecule has 12 nitrogen and oxygen atoms in total. The van der Waals surface area contributed by atoms with Gasteiger partial charge in [-0.05, 0) is 43.0 Å². The van der Waals surface area contributed by atoms with Crippen LogP contribution in [0.25, 0.3) is 0 Å². The molecule has 2 aromatic rings. The third kappa shape index (κ3) is 11.6. The van der Waals surface area contributed by atoms with Gasteiger partial charge in [-0.1, -0.05) is 54.1 Å². The zero-order valence-electron chi connectivity index (χ0n) is 24.5. The Hall–Kier alpha value is -3.75. The lowest BCUT2D eigenvalue weighted by atomic mass is 9.84. The average molecular weight is 661 g/mol. The SMILES string of the molecule is N[C@@H](CCC(=O)N[C@@H](CS/C(=C\C(=O)c1ccccc1)CN1CCC(O)(c2ccc(Cl)cc2)CC1)C(=O)NCC(=O)O)C(=O)O. The van der Waals surface area contributed by atoms with E-state index in [9.17, 15) is 29.1 Å². The van der Waals surface area contributed by atoms with E-state index in [0.29, 0.717) is 48.0 Å². The van der Waals surface area contributed by atoms with E-state index in [-0.39, 0.29) is 24.4 Å². The minimum Gasteiger partial charge on any atom is -0.480 e. The molecule has 1 aliphatic rings. The molecule has 0 aliphatic carbocycles. The number of piperidine rings is 1. The number of carboxylic acids is 2. The van der Waals surface area contributed by atoms with Gasteiger partial charge in [0.05, 0.1) is 5.60 Å². The molecule has 1 saturated heterocycles. The van der Waals surface area contributed by atoms with Crippen LogP contribution in [0, 0.1) is 0 Å². The minimum absolute atomic E-state index is 0.0430. The van der Waals surface area contributed by atoms with Crippen molar-refractivity contribution in [2.45, 2.75) is 43.4 Å². The highest BCUT2D eigenvalue weighted by Crippen LogP contribution is 2.34. The van der Waals surface area contributed by atoms with E-state index in [2.05, 4.69) is 15.5 Å². The third-order valence-corrected chi connectivity index (χ3v) is 8.66. The smallest absolute Gasteiger partial charge is 0.322 e. The molecule has 242 valence electrons. The number of halogens is 1. The molecule has 0 radical (unpaired) electrons. The first-order valence-electron chi connectivity index (χ1n) is 14.3. The summed E-state index contributed by atoms with van der Waals surface area (Å²) in [7, 11) is 0. The summed E-state index contributed by atoms with van der Waals surface area (Å²) < 4.78 is 0. The van der Waals surface area contributed by atoms with Crippen molar-refractivity contribution in [2.75, 3.05) is 31.9 Å². The van der Waals surface area contributed by atoms with E-state index in [1.54, 1.807) is 54.6 Å². The molecular weight excluding hydrogens is 624 g/mol. The molecule has 0 bridgehead atoms. The Morgan fingerprint density at radius 1 is 1.02 bits per heavy atom. The lowest BCUT2D eigenvalue weighted by Crippen LogP contribution is -2.49. The molecule has 0 aromatic heterocycles. The van der Waals surface area contributed by atoms with Gasteiger partial charge in [0.15, 0.2) is 5.78 Å². The molecule has 14 heteroatoms. The van der Waals surface area contributed by atoms with Gasteiger partial charge in [-0.2, -0.15) is 0 Å². The third-order valence-electron chi connectivity index (χ3n) is 7.30. The first-order valence-corrected chi connectivity index (χ1v) is 15.6. The number of nitrogens with two attached hydrogens (primary N) is 1. The summed E-state index contributed by atoms with van der Waals surface area (Å²) in [6.45, 7) is 0.684. The van der Waals surface area contributed by atoms with Crippen molar-refractivity contribution >= 4 is 52.9 Å². The van der Waals surface area contributed by atoms with Crippen molar-refractivity contribution < 1.29 is 39.3 Å². The second-order valence-corrected chi connectivity index (χ2v) is 12.3. The van der Waals surface area contributed by atoms with Crippen molar-refractivity contribution in [1.29, 1.82) is 0 Å². The predicted octanol–water partition coefficient (Wildman–Crippen LogP) is 2.00. The maximum Gasteiger partial charge on any atom is 0.322 e. The van der Waals surface area contributed by atoms with Crippen molar-refractivity contribution in [2.24, 2.45) is 5.73 Å². The average Bonchev–Trinajstić information content (AvgIpc) is 3.02. The van der Waals surface area contributed by atoms with E-state index >= 15 is 0 Å². The van der Waals surface area contributed by atoms with Gasteiger partial charge in [-0.3, -0.25) is 28.9 Å². The predicted molar refractivity (Wildman–Crippen MR) is 170 cm³/mol. The number of amides is 2. The number of benzene rings is 2. The van der Waals surface area contributed by atoms with Gasteiger partial charge >= 0.3 is 11.9 Å². The summed E-state index contributed by atoms with van der Waals surface area (Å²) in [6.07, 6.45) is 1.92. The lowest BCUT2D eigenvalue weighted by molar-refractivity contribution is -0.139. The normalized spacial score (nSPS) is 16.3. The summed E-state index contributed by atoms with van der Waals surface area (Å²) in [5, 5.41) is 34.6. The number of aliphatic hydroxyl groups is 1. The molecule has 0 unspecified atom stereocenters. The first kappa shape index (κ1) is 35.7. The van der Waals surface area contributed by atoms with Crippen molar-refractivity contribution in [3.05, 3.63) is 81.7 Å². The highest BCUT2D eigenvalue weighted by molar-refractivity contribution is 8.03. The zero-order valence-corrected chi connectivity index (χ0v) is 26.1. The number of hydrogen-bond acceptors (Lipinski definition) is 9. The van der Waals surface area contributed by atoms with Gasteiger partial charge in [-0.25, -0.2) is 0 Å². The number of carboxylic acid groups (broad SMARTS) is 2. The number of ketones is 1. The van der Waals surface area contributed by atoms with Crippen LogP contribution in [0.4, 0.5) is 0 Å². The number of thioether (sulfide) groups is 1. The van der Waals surface area contributed by atoms with Crippen molar-refractivity contribution in [1.82, 2.24) is 15.5 Å². The second kappa shape index (κ2) is 17.1. The number of carbonyl (C=O) groups is 5. The van der Waals surface area contributed by atoms with E-state index in [0.717, 1.165) is 17.3 Å². The van der Waals surface area contributed by atoms with Crippen molar-refractivity contribution in [3.8, 4) is 0 Å². The molecule has 0 spiro atoms. The van der Waals surface area contributed by atoms with Crippen LogP contribution >= 0.6 is 23.4 Å².